The van der Waals surface area contributed by atoms with E-state index in [1.165, 1.54) is 0 Å². The van der Waals surface area contributed by atoms with Crippen molar-refractivity contribution in [1.29, 1.82) is 0 Å². The van der Waals surface area contributed by atoms with Crippen LogP contribution in [-0.4, -0.2) is 47.6 Å². The van der Waals surface area contributed by atoms with Gasteiger partial charge < -0.3 is 13.7 Å². The van der Waals surface area contributed by atoms with Crippen LogP contribution in [-0.2, 0) is 22.8 Å². The number of rotatable bonds is 6. The Morgan fingerprint density at radius 3 is 2.58 bits per heavy atom. The van der Waals surface area contributed by atoms with Crippen LogP contribution in [0.25, 0.3) is 6.08 Å². The van der Waals surface area contributed by atoms with Crippen molar-refractivity contribution in [1.82, 2.24) is 14.5 Å². The van der Waals surface area contributed by atoms with Crippen molar-refractivity contribution >= 4 is 20.5 Å². The van der Waals surface area contributed by atoms with Crippen molar-refractivity contribution in [2.75, 3.05) is 6.54 Å². The molecule has 0 N–H and O–H groups in total. The van der Waals surface area contributed by atoms with Crippen molar-refractivity contribution < 1.29 is 14.0 Å². The lowest BCUT2D eigenvalue weighted by molar-refractivity contribution is 0.0927. The van der Waals surface area contributed by atoms with Crippen LogP contribution in [0.1, 0.15) is 38.6 Å². The summed E-state index contributed by atoms with van der Waals surface area (Å²) >= 11 is 0. The number of nitrogens with zero attached hydrogens (tertiary/aromatic N) is 3. The molecule has 1 aromatic carbocycles. The van der Waals surface area contributed by atoms with Crippen molar-refractivity contribution in [3.05, 3.63) is 60.2 Å². The number of aryl methyl sites for hydroxylation is 1. The van der Waals surface area contributed by atoms with Crippen LogP contribution in [0.15, 0.2) is 48.8 Å². The third-order valence-electron chi connectivity index (χ3n) is 6.34. The van der Waals surface area contributed by atoms with E-state index in [1.807, 2.05) is 60.3 Å². The van der Waals surface area contributed by atoms with Gasteiger partial charge in [-0.25, -0.2) is 9.78 Å². The SMILES string of the molecule is Cn1ccnc1C=CC1CC(O[Si](C)(C)C(C)(C)C)CN1C(=O)OCc1ccccc1. The lowest BCUT2D eigenvalue weighted by Crippen LogP contribution is -2.44. The molecule has 1 fully saturated rings. The van der Waals surface area contributed by atoms with E-state index in [0.29, 0.717) is 6.54 Å². The van der Waals surface area contributed by atoms with Gasteiger partial charge in [0, 0.05) is 26.0 Å². The maximum atomic E-state index is 13.0. The first-order valence-corrected chi connectivity index (χ1v) is 13.8. The van der Waals surface area contributed by atoms with E-state index < -0.39 is 8.32 Å². The van der Waals surface area contributed by atoms with Crippen molar-refractivity contribution in [3.63, 3.8) is 0 Å². The summed E-state index contributed by atoms with van der Waals surface area (Å²) in [7, 11) is 0.0155. The Morgan fingerprint density at radius 1 is 1.26 bits per heavy atom. The molecule has 2 unspecified atom stereocenters. The molecule has 31 heavy (non-hydrogen) atoms. The maximum Gasteiger partial charge on any atom is 0.410 e. The molecule has 168 valence electrons. The number of imidazole rings is 1. The standard InChI is InChI=1S/C24H35N3O3Si/c1-24(2,3)31(5,6)30-21-16-20(12-13-22-25-14-15-26(22)4)27(17-21)23(28)29-18-19-10-8-7-9-11-19/h7-15,20-21H,16-18H2,1-6H3. The van der Waals surface area contributed by atoms with E-state index >= 15 is 0 Å². The van der Waals surface area contributed by atoms with E-state index in [9.17, 15) is 4.79 Å². The van der Waals surface area contributed by atoms with Crippen LogP contribution in [0.2, 0.25) is 18.1 Å². The predicted molar refractivity (Wildman–Crippen MR) is 126 cm³/mol. The molecule has 7 heteroatoms. The number of carbonyl (C=O) groups is 1. The molecule has 1 amide bonds. The lowest BCUT2D eigenvalue weighted by atomic mass is 10.2. The summed E-state index contributed by atoms with van der Waals surface area (Å²) in [6, 6.07) is 9.67. The molecule has 3 rings (SSSR count). The molecule has 1 aliphatic heterocycles. The monoisotopic (exact) mass is 441 g/mol. The minimum atomic E-state index is -1.94. The van der Waals surface area contributed by atoms with Crippen LogP contribution >= 0.6 is 0 Å². The Morgan fingerprint density at radius 2 is 1.97 bits per heavy atom. The van der Waals surface area contributed by atoms with Gasteiger partial charge in [0.05, 0.1) is 12.1 Å². The fourth-order valence-corrected chi connectivity index (χ4v) is 4.79. The number of benzene rings is 1. The second-order valence-electron chi connectivity index (χ2n) is 9.75. The van der Waals surface area contributed by atoms with Gasteiger partial charge in [-0.15, -0.1) is 0 Å². The Balaban J connectivity index is 1.73. The van der Waals surface area contributed by atoms with Crippen LogP contribution in [0, 0.1) is 0 Å². The Labute approximate surface area is 187 Å². The molecule has 0 bridgehead atoms. The first kappa shape index (κ1) is 23.3. The number of ether oxygens (including phenoxy) is 1. The first-order valence-electron chi connectivity index (χ1n) is 10.9. The predicted octanol–water partition coefficient (Wildman–Crippen LogP) is 5.23. The summed E-state index contributed by atoms with van der Waals surface area (Å²) < 4.78 is 14.2. The van der Waals surface area contributed by atoms with Gasteiger partial charge in [0.1, 0.15) is 12.4 Å². The molecule has 0 spiro atoms. The van der Waals surface area contributed by atoms with Crippen LogP contribution in [0.4, 0.5) is 4.79 Å². The number of hydrogen-bond donors (Lipinski definition) is 0. The highest BCUT2D eigenvalue weighted by Gasteiger charge is 2.43. The molecule has 0 aliphatic carbocycles. The van der Waals surface area contributed by atoms with E-state index in [-0.39, 0.29) is 29.9 Å². The van der Waals surface area contributed by atoms with E-state index in [1.54, 1.807) is 11.1 Å². The molecule has 2 atom stereocenters. The smallest absolute Gasteiger partial charge is 0.410 e. The summed E-state index contributed by atoms with van der Waals surface area (Å²) in [5.41, 5.74) is 0.976. The van der Waals surface area contributed by atoms with Crippen LogP contribution < -0.4 is 0 Å². The van der Waals surface area contributed by atoms with Gasteiger partial charge in [0.25, 0.3) is 0 Å². The Bertz CT molecular complexity index is 902. The topological polar surface area (TPSA) is 56.6 Å². The number of carbonyl (C=O) groups excluding carboxylic acids is 1. The van der Waals surface area contributed by atoms with Gasteiger partial charge in [-0.2, -0.15) is 0 Å². The second-order valence-corrected chi connectivity index (χ2v) is 14.5. The van der Waals surface area contributed by atoms with Gasteiger partial charge >= 0.3 is 6.09 Å². The fourth-order valence-electron chi connectivity index (χ4n) is 3.43. The lowest BCUT2D eigenvalue weighted by Gasteiger charge is -2.38. The summed E-state index contributed by atoms with van der Waals surface area (Å²) in [5, 5.41) is 0.118. The van der Waals surface area contributed by atoms with Crippen molar-refractivity contribution in [2.24, 2.45) is 7.05 Å². The third-order valence-corrected chi connectivity index (χ3v) is 10.9. The molecular formula is C24H35N3O3Si. The van der Waals surface area contributed by atoms with Crippen LogP contribution in [0.5, 0.6) is 0 Å². The van der Waals surface area contributed by atoms with E-state index in [4.69, 9.17) is 9.16 Å². The largest absolute Gasteiger partial charge is 0.445 e. The molecule has 1 aromatic heterocycles. The summed E-state index contributed by atoms with van der Waals surface area (Å²) in [4.78, 5) is 19.1. The summed E-state index contributed by atoms with van der Waals surface area (Å²) in [5.74, 6) is 0.853. The molecule has 0 radical (unpaired) electrons. The van der Waals surface area contributed by atoms with Crippen molar-refractivity contribution in [3.8, 4) is 0 Å². The molecule has 0 saturated carbocycles. The van der Waals surface area contributed by atoms with Crippen molar-refractivity contribution in [2.45, 2.75) is 64.1 Å². The number of hydrogen-bond acceptors (Lipinski definition) is 4. The average Bonchev–Trinajstić information content (AvgIpc) is 3.29. The molecule has 2 aromatic rings. The second kappa shape index (κ2) is 9.40. The molecular weight excluding hydrogens is 406 g/mol. The number of likely N-dealkylation sites (tertiary alicyclic amines) is 1. The van der Waals surface area contributed by atoms with Gasteiger partial charge in [0.15, 0.2) is 8.32 Å². The summed E-state index contributed by atoms with van der Waals surface area (Å²) in [6.45, 7) is 12.0. The fraction of sp³-hybridized carbons (Fsp3) is 0.500. The maximum absolute atomic E-state index is 13.0. The van der Waals surface area contributed by atoms with Crippen LogP contribution in [0.3, 0.4) is 0 Å². The Hall–Kier alpha value is -2.38. The molecule has 1 saturated heterocycles. The first-order chi connectivity index (χ1) is 14.6. The van der Waals surface area contributed by atoms with E-state index in [2.05, 4.69) is 38.8 Å². The average molecular weight is 442 g/mol. The highest BCUT2D eigenvalue weighted by molar-refractivity contribution is 6.74. The molecule has 6 nitrogen and oxygen atoms in total. The van der Waals surface area contributed by atoms with Gasteiger partial charge in [-0.05, 0) is 36.2 Å². The highest BCUT2D eigenvalue weighted by Crippen LogP contribution is 2.39. The zero-order valence-electron chi connectivity index (χ0n) is 19.5. The molecule has 2 heterocycles. The number of aromatic nitrogens is 2. The zero-order chi connectivity index (χ0) is 22.6. The normalized spacial score (nSPS) is 19.9. The summed E-state index contributed by atoms with van der Waals surface area (Å²) in [6.07, 6.45) is 8.14. The minimum Gasteiger partial charge on any atom is -0.445 e. The minimum absolute atomic E-state index is 0.00110. The van der Waals surface area contributed by atoms with Gasteiger partial charge in [-0.1, -0.05) is 57.2 Å². The molecule has 1 aliphatic rings. The number of amides is 1. The zero-order valence-corrected chi connectivity index (χ0v) is 20.5. The van der Waals surface area contributed by atoms with E-state index in [0.717, 1.165) is 17.8 Å². The van der Waals surface area contributed by atoms with Gasteiger partial charge in [-0.3, -0.25) is 4.90 Å². The Kier molecular flexibility index (Phi) is 7.06. The quantitative estimate of drug-likeness (QED) is 0.576. The highest BCUT2D eigenvalue weighted by atomic mass is 28.4. The van der Waals surface area contributed by atoms with Gasteiger partial charge in [0.2, 0.25) is 0 Å². The third kappa shape index (κ3) is 5.86.